The zero-order valence-electron chi connectivity index (χ0n) is 9.89. The van der Waals surface area contributed by atoms with Gasteiger partial charge < -0.3 is 5.32 Å². The Balaban J connectivity index is 0.000000722. The molecule has 1 fully saturated rings. The summed E-state index contributed by atoms with van der Waals surface area (Å²) in [5.41, 5.74) is 3.12. The van der Waals surface area contributed by atoms with E-state index in [1.54, 1.807) is 11.1 Å². The summed E-state index contributed by atoms with van der Waals surface area (Å²) in [5, 5.41) is 3.51. The molecule has 4 heteroatoms. The molecular weight excluding hydrogens is 255 g/mol. The van der Waals surface area contributed by atoms with Crippen LogP contribution < -0.4 is 5.32 Å². The SMILES string of the molecule is Cl.Cl.c1ccc2c(c1)CCCN1CCNCC21. The molecule has 1 unspecified atom stereocenters. The Morgan fingerprint density at radius 2 is 1.94 bits per heavy atom. The number of nitrogens with zero attached hydrogens (tertiary/aromatic N) is 1. The van der Waals surface area contributed by atoms with E-state index in [2.05, 4.69) is 34.5 Å². The van der Waals surface area contributed by atoms with E-state index >= 15 is 0 Å². The molecule has 2 nitrogen and oxygen atoms in total. The van der Waals surface area contributed by atoms with Crippen molar-refractivity contribution in [1.29, 1.82) is 0 Å². The summed E-state index contributed by atoms with van der Waals surface area (Å²) in [4.78, 5) is 2.64. The van der Waals surface area contributed by atoms with Gasteiger partial charge in [0, 0.05) is 25.7 Å². The lowest BCUT2D eigenvalue weighted by Crippen LogP contribution is -2.45. The highest BCUT2D eigenvalue weighted by atomic mass is 35.5. The van der Waals surface area contributed by atoms with Gasteiger partial charge in [0.25, 0.3) is 0 Å². The van der Waals surface area contributed by atoms with Crippen LogP contribution in [-0.2, 0) is 6.42 Å². The van der Waals surface area contributed by atoms with Gasteiger partial charge in [0.05, 0.1) is 0 Å². The van der Waals surface area contributed by atoms with Gasteiger partial charge in [-0.15, -0.1) is 24.8 Å². The third-order valence-electron chi connectivity index (χ3n) is 3.66. The number of halogens is 2. The topological polar surface area (TPSA) is 15.3 Å². The Bertz CT molecular complexity index is 357. The van der Waals surface area contributed by atoms with E-state index in [1.807, 2.05) is 0 Å². The molecule has 0 aliphatic carbocycles. The van der Waals surface area contributed by atoms with Crippen molar-refractivity contribution in [3.8, 4) is 0 Å². The lowest BCUT2D eigenvalue weighted by molar-refractivity contribution is 0.166. The van der Waals surface area contributed by atoms with Crippen LogP contribution in [0.1, 0.15) is 23.6 Å². The first kappa shape index (κ1) is 14.8. The Hall–Kier alpha value is -0.280. The Labute approximate surface area is 116 Å². The lowest BCUT2D eigenvalue weighted by Gasteiger charge is -2.35. The fraction of sp³-hybridized carbons (Fsp3) is 0.538. The maximum Gasteiger partial charge on any atom is 0.0475 e. The molecule has 2 aliphatic heterocycles. The fourth-order valence-corrected chi connectivity index (χ4v) is 2.88. The first-order chi connectivity index (χ1) is 7.45. The van der Waals surface area contributed by atoms with Crippen molar-refractivity contribution < 1.29 is 0 Å². The number of benzene rings is 1. The normalized spacial score (nSPS) is 23.4. The van der Waals surface area contributed by atoms with Crippen LogP contribution in [-0.4, -0.2) is 31.1 Å². The quantitative estimate of drug-likeness (QED) is 0.782. The molecular formula is C13H20Cl2N2. The molecule has 0 saturated carbocycles. The second kappa shape index (κ2) is 6.60. The van der Waals surface area contributed by atoms with E-state index in [9.17, 15) is 0 Å². The molecule has 0 amide bonds. The van der Waals surface area contributed by atoms with E-state index in [0.717, 1.165) is 13.1 Å². The summed E-state index contributed by atoms with van der Waals surface area (Å²) in [6.07, 6.45) is 2.57. The van der Waals surface area contributed by atoms with Gasteiger partial charge in [0.2, 0.25) is 0 Å². The second-order valence-corrected chi connectivity index (χ2v) is 4.56. The van der Waals surface area contributed by atoms with Gasteiger partial charge in [0.1, 0.15) is 0 Å². The van der Waals surface area contributed by atoms with Crippen molar-refractivity contribution in [3.05, 3.63) is 35.4 Å². The molecule has 1 aromatic rings. The highest BCUT2D eigenvalue weighted by Crippen LogP contribution is 2.29. The van der Waals surface area contributed by atoms with E-state index in [1.165, 1.54) is 25.9 Å². The Kier molecular flexibility index (Phi) is 5.74. The van der Waals surface area contributed by atoms with Crippen LogP contribution in [0.15, 0.2) is 24.3 Å². The maximum absolute atomic E-state index is 3.51. The van der Waals surface area contributed by atoms with E-state index in [0.29, 0.717) is 6.04 Å². The predicted octanol–water partition coefficient (Wildman–Crippen LogP) is 2.42. The van der Waals surface area contributed by atoms with Gasteiger partial charge in [-0.3, -0.25) is 4.90 Å². The highest BCUT2D eigenvalue weighted by Gasteiger charge is 2.26. The first-order valence-corrected chi connectivity index (χ1v) is 5.98. The predicted molar refractivity (Wildman–Crippen MR) is 76.4 cm³/mol. The summed E-state index contributed by atoms with van der Waals surface area (Å²) in [6.45, 7) is 4.75. The molecule has 1 saturated heterocycles. The van der Waals surface area contributed by atoms with Gasteiger partial charge in [-0.1, -0.05) is 24.3 Å². The number of hydrogen-bond acceptors (Lipinski definition) is 2. The standard InChI is InChI=1S/C13H18N2.2ClH/c1-2-6-12-11(4-1)5-3-8-15-9-7-14-10-13(12)15;;/h1-2,4,6,13-14H,3,5,7-10H2;2*1H. The number of fused-ring (bicyclic) bond motifs is 3. The van der Waals surface area contributed by atoms with Crippen LogP contribution in [0.3, 0.4) is 0 Å². The minimum absolute atomic E-state index is 0. The molecule has 3 rings (SSSR count). The summed E-state index contributed by atoms with van der Waals surface area (Å²) < 4.78 is 0. The average molecular weight is 275 g/mol. The number of piperazine rings is 1. The van der Waals surface area contributed by atoms with E-state index in [-0.39, 0.29) is 24.8 Å². The summed E-state index contributed by atoms with van der Waals surface area (Å²) in [5.74, 6) is 0. The van der Waals surface area contributed by atoms with Gasteiger partial charge in [-0.05, 0) is 30.5 Å². The van der Waals surface area contributed by atoms with Crippen LogP contribution in [0.5, 0.6) is 0 Å². The molecule has 1 aromatic carbocycles. The van der Waals surface area contributed by atoms with E-state index in [4.69, 9.17) is 0 Å². The van der Waals surface area contributed by atoms with E-state index < -0.39 is 0 Å². The van der Waals surface area contributed by atoms with Crippen LogP contribution in [0.4, 0.5) is 0 Å². The molecule has 0 radical (unpaired) electrons. The number of nitrogens with one attached hydrogen (secondary N) is 1. The number of aryl methyl sites for hydroxylation is 1. The van der Waals surface area contributed by atoms with Crippen molar-refractivity contribution in [1.82, 2.24) is 10.2 Å². The highest BCUT2D eigenvalue weighted by molar-refractivity contribution is 5.85. The van der Waals surface area contributed by atoms with Crippen LogP contribution in [0.2, 0.25) is 0 Å². The van der Waals surface area contributed by atoms with Crippen LogP contribution >= 0.6 is 24.8 Å². The van der Waals surface area contributed by atoms with Crippen molar-refractivity contribution in [2.75, 3.05) is 26.2 Å². The molecule has 1 atom stereocenters. The van der Waals surface area contributed by atoms with Crippen LogP contribution in [0, 0.1) is 0 Å². The third kappa shape index (κ3) is 2.94. The van der Waals surface area contributed by atoms with Crippen molar-refractivity contribution >= 4 is 24.8 Å². The molecule has 0 bridgehead atoms. The van der Waals surface area contributed by atoms with Crippen LogP contribution in [0.25, 0.3) is 0 Å². The second-order valence-electron chi connectivity index (χ2n) is 4.56. The van der Waals surface area contributed by atoms with Gasteiger partial charge in [0.15, 0.2) is 0 Å². The van der Waals surface area contributed by atoms with Gasteiger partial charge >= 0.3 is 0 Å². The summed E-state index contributed by atoms with van der Waals surface area (Å²) in [6, 6.07) is 9.58. The molecule has 17 heavy (non-hydrogen) atoms. The first-order valence-electron chi connectivity index (χ1n) is 5.98. The molecule has 2 heterocycles. The monoisotopic (exact) mass is 274 g/mol. The minimum atomic E-state index is 0. The smallest absolute Gasteiger partial charge is 0.0475 e. The Morgan fingerprint density at radius 1 is 1.12 bits per heavy atom. The lowest BCUT2D eigenvalue weighted by atomic mass is 9.98. The molecule has 1 N–H and O–H groups in total. The van der Waals surface area contributed by atoms with Crippen molar-refractivity contribution in [2.24, 2.45) is 0 Å². The largest absolute Gasteiger partial charge is 0.314 e. The Morgan fingerprint density at radius 3 is 2.82 bits per heavy atom. The minimum Gasteiger partial charge on any atom is -0.314 e. The fourth-order valence-electron chi connectivity index (χ4n) is 2.88. The number of rotatable bonds is 0. The van der Waals surface area contributed by atoms with Crippen molar-refractivity contribution in [3.63, 3.8) is 0 Å². The molecule has 96 valence electrons. The number of hydrogen-bond donors (Lipinski definition) is 1. The zero-order chi connectivity index (χ0) is 10.1. The summed E-state index contributed by atoms with van der Waals surface area (Å²) in [7, 11) is 0. The van der Waals surface area contributed by atoms with Gasteiger partial charge in [-0.25, -0.2) is 0 Å². The average Bonchev–Trinajstić information content (AvgIpc) is 2.48. The summed E-state index contributed by atoms with van der Waals surface area (Å²) >= 11 is 0. The van der Waals surface area contributed by atoms with Gasteiger partial charge in [-0.2, -0.15) is 0 Å². The molecule has 0 spiro atoms. The maximum atomic E-state index is 3.51. The van der Waals surface area contributed by atoms with Crippen molar-refractivity contribution in [2.45, 2.75) is 18.9 Å². The molecule has 0 aromatic heterocycles. The zero-order valence-corrected chi connectivity index (χ0v) is 11.5. The molecule has 2 aliphatic rings. The third-order valence-corrected chi connectivity index (χ3v) is 3.66.